The monoisotopic (exact) mass is 301 g/mol. The third kappa shape index (κ3) is 6.31. The summed E-state index contributed by atoms with van der Waals surface area (Å²) in [5.74, 6) is -1.40. The first-order valence-electron chi connectivity index (χ1n) is 5.26. The van der Waals surface area contributed by atoms with Crippen molar-refractivity contribution >= 4 is 25.8 Å². The van der Waals surface area contributed by atoms with Gasteiger partial charge in [-0.25, -0.2) is 21.6 Å². The van der Waals surface area contributed by atoms with Crippen LogP contribution in [0, 0.1) is 0 Å². The van der Waals surface area contributed by atoms with Crippen molar-refractivity contribution in [2.75, 3.05) is 18.6 Å². The lowest BCUT2D eigenvalue weighted by atomic mass is 10.2. The highest BCUT2D eigenvalue weighted by Gasteiger charge is 2.31. The van der Waals surface area contributed by atoms with Crippen molar-refractivity contribution < 1.29 is 26.7 Å². The van der Waals surface area contributed by atoms with Crippen LogP contribution in [0.4, 0.5) is 0 Å². The highest BCUT2D eigenvalue weighted by Crippen LogP contribution is 2.13. The molecule has 0 amide bonds. The van der Waals surface area contributed by atoms with Gasteiger partial charge in [-0.05, 0) is 20.3 Å². The van der Waals surface area contributed by atoms with Crippen LogP contribution in [-0.4, -0.2) is 51.2 Å². The third-order valence-electron chi connectivity index (χ3n) is 2.53. The zero-order chi connectivity index (χ0) is 14.6. The maximum absolute atomic E-state index is 11.5. The van der Waals surface area contributed by atoms with Crippen molar-refractivity contribution in [1.82, 2.24) is 4.72 Å². The molecule has 7 nitrogen and oxygen atoms in total. The lowest BCUT2D eigenvalue weighted by Crippen LogP contribution is -2.44. The summed E-state index contributed by atoms with van der Waals surface area (Å²) < 4.78 is 46.7. The molecule has 108 valence electrons. The predicted octanol–water partition coefficient (Wildman–Crippen LogP) is -0.406. The van der Waals surface area contributed by atoms with E-state index in [9.17, 15) is 21.6 Å². The van der Waals surface area contributed by atoms with Gasteiger partial charge in [-0.15, -0.1) is 0 Å². The molecule has 0 atom stereocenters. The number of aliphatic carboxylic acids is 1. The minimum absolute atomic E-state index is 0.00995. The second kappa shape index (κ2) is 5.98. The van der Waals surface area contributed by atoms with E-state index in [0.29, 0.717) is 0 Å². The Morgan fingerprint density at radius 3 is 2.11 bits per heavy atom. The summed E-state index contributed by atoms with van der Waals surface area (Å²) in [6, 6.07) is 0. The smallest absolute Gasteiger partial charge is 0.303 e. The number of sulfone groups is 1. The number of hydrogen-bond donors (Lipinski definition) is 2. The van der Waals surface area contributed by atoms with Gasteiger partial charge < -0.3 is 5.11 Å². The molecule has 0 aromatic rings. The van der Waals surface area contributed by atoms with E-state index in [2.05, 4.69) is 4.72 Å². The second-order valence-electron chi connectivity index (χ2n) is 4.67. The summed E-state index contributed by atoms with van der Waals surface area (Å²) in [6.45, 7) is 2.60. The topological polar surface area (TPSA) is 118 Å². The summed E-state index contributed by atoms with van der Waals surface area (Å²) in [4.78, 5) is 10.2. The first kappa shape index (κ1) is 17.3. The molecule has 0 aromatic carbocycles. The summed E-state index contributed by atoms with van der Waals surface area (Å²) >= 11 is 0. The SMILES string of the molecule is CC(C)(CNS(=O)(=O)CCCC(=O)O)S(C)(=O)=O. The molecular weight excluding hydrogens is 282 g/mol. The van der Waals surface area contributed by atoms with E-state index in [1.165, 1.54) is 13.8 Å². The number of carbonyl (C=O) groups is 1. The number of hydrogen-bond acceptors (Lipinski definition) is 5. The molecule has 0 fully saturated rings. The summed E-state index contributed by atoms with van der Waals surface area (Å²) in [6.07, 6.45) is 0.784. The zero-order valence-electron chi connectivity index (χ0n) is 10.6. The van der Waals surface area contributed by atoms with Gasteiger partial charge in [-0.1, -0.05) is 0 Å². The van der Waals surface area contributed by atoms with Gasteiger partial charge in [0.15, 0.2) is 9.84 Å². The van der Waals surface area contributed by atoms with Crippen LogP contribution in [0.25, 0.3) is 0 Å². The molecule has 2 N–H and O–H groups in total. The summed E-state index contributed by atoms with van der Waals surface area (Å²) in [7, 11) is -7.03. The fourth-order valence-electron chi connectivity index (χ4n) is 0.900. The molecule has 0 heterocycles. The number of carboxylic acids is 1. The molecule has 0 spiro atoms. The van der Waals surface area contributed by atoms with Gasteiger partial charge >= 0.3 is 5.97 Å². The van der Waals surface area contributed by atoms with Crippen LogP contribution in [0.5, 0.6) is 0 Å². The van der Waals surface area contributed by atoms with Gasteiger partial charge in [0.05, 0.1) is 10.5 Å². The molecular formula is C9H19NO6S2. The largest absolute Gasteiger partial charge is 0.481 e. The minimum atomic E-state index is -3.65. The fraction of sp³-hybridized carbons (Fsp3) is 0.889. The van der Waals surface area contributed by atoms with Gasteiger partial charge in [0.1, 0.15) is 0 Å². The van der Waals surface area contributed by atoms with Crippen LogP contribution in [0.2, 0.25) is 0 Å². The lowest BCUT2D eigenvalue weighted by Gasteiger charge is -2.22. The Balaban J connectivity index is 4.41. The van der Waals surface area contributed by atoms with Crippen molar-refractivity contribution in [3.63, 3.8) is 0 Å². The highest BCUT2D eigenvalue weighted by atomic mass is 32.2. The predicted molar refractivity (Wildman–Crippen MR) is 67.6 cm³/mol. The average Bonchev–Trinajstić information content (AvgIpc) is 2.12. The van der Waals surface area contributed by atoms with Crippen LogP contribution in [0.1, 0.15) is 26.7 Å². The molecule has 0 aromatic heterocycles. The molecule has 0 saturated carbocycles. The van der Waals surface area contributed by atoms with Crippen LogP contribution in [0.15, 0.2) is 0 Å². The molecule has 0 aliphatic carbocycles. The molecule has 0 rings (SSSR count). The Labute approximate surface area is 108 Å². The third-order valence-corrected chi connectivity index (χ3v) is 6.09. The van der Waals surface area contributed by atoms with Crippen molar-refractivity contribution in [3.8, 4) is 0 Å². The van der Waals surface area contributed by atoms with E-state index in [1.807, 2.05) is 0 Å². The molecule has 0 saturated heterocycles. The highest BCUT2D eigenvalue weighted by molar-refractivity contribution is 7.92. The Kier molecular flexibility index (Phi) is 5.76. The van der Waals surface area contributed by atoms with Gasteiger partial charge in [0.2, 0.25) is 10.0 Å². The molecule has 0 aliphatic heterocycles. The van der Waals surface area contributed by atoms with E-state index in [1.54, 1.807) is 0 Å². The molecule has 9 heteroatoms. The number of rotatable bonds is 8. The normalized spacial score (nSPS) is 13.5. The maximum Gasteiger partial charge on any atom is 0.303 e. The van der Waals surface area contributed by atoms with Crippen LogP contribution < -0.4 is 4.72 Å². The first-order valence-corrected chi connectivity index (χ1v) is 8.80. The van der Waals surface area contributed by atoms with Crippen LogP contribution >= 0.6 is 0 Å². The van der Waals surface area contributed by atoms with Gasteiger partial charge in [-0.3, -0.25) is 4.79 Å². The zero-order valence-corrected chi connectivity index (χ0v) is 12.3. The Morgan fingerprint density at radius 1 is 1.22 bits per heavy atom. The van der Waals surface area contributed by atoms with E-state index in [-0.39, 0.29) is 25.1 Å². The van der Waals surface area contributed by atoms with Crippen LogP contribution in [-0.2, 0) is 24.7 Å². The Bertz CT molecular complexity index is 491. The van der Waals surface area contributed by atoms with E-state index < -0.39 is 30.6 Å². The summed E-state index contributed by atoms with van der Waals surface area (Å²) in [5, 5.41) is 8.38. The molecule has 0 bridgehead atoms. The lowest BCUT2D eigenvalue weighted by molar-refractivity contribution is -0.137. The number of nitrogens with one attached hydrogen (secondary N) is 1. The molecule has 0 radical (unpaired) electrons. The van der Waals surface area contributed by atoms with Crippen molar-refractivity contribution in [2.45, 2.75) is 31.4 Å². The van der Waals surface area contributed by atoms with E-state index in [0.717, 1.165) is 6.26 Å². The van der Waals surface area contributed by atoms with Gasteiger partial charge in [0.25, 0.3) is 0 Å². The molecule has 0 unspecified atom stereocenters. The number of sulfonamides is 1. The van der Waals surface area contributed by atoms with Gasteiger partial charge in [-0.2, -0.15) is 0 Å². The van der Waals surface area contributed by atoms with E-state index in [4.69, 9.17) is 5.11 Å². The van der Waals surface area contributed by atoms with Crippen molar-refractivity contribution in [1.29, 1.82) is 0 Å². The molecule has 18 heavy (non-hydrogen) atoms. The second-order valence-corrected chi connectivity index (χ2v) is 9.25. The fourth-order valence-corrected chi connectivity index (χ4v) is 2.58. The minimum Gasteiger partial charge on any atom is -0.481 e. The first-order chi connectivity index (χ1) is 7.87. The maximum atomic E-state index is 11.5. The Morgan fingerprint density at radius 2 is 1.72 bits per heavy atom. The molecule has 0 aliphatic rings. The van der Waals surface area contributed by atoms with Crippen LogP contribution in [0.3, 0.4) is 0 Å². The summed E-state index contributed by atoms with van der Waals surface area (Å²) in [5.41, 5.74) is 0. The number of carboxylic acid groups (broad SMARTS) is 1. The van der Waals surface area contributed by atoms with Crippen molar-refractivity contribution in [2.24, 2.45) is 0 Å². The standard InChI is InChI=1S/C9H19NO6S2/c1-9(2,17(3,13)14)7-10-18(15,16)6-4-5-8(11)12/h10H,4-7H2,1-3H3,(H,11,12). The van der Waals surface area contributed by atoms with Crippen molar-refractivity contribution in [3.05, 3.63) is 0 Å². The van der Waals surface area contributed by atoms with Gasteiger partial charge in [0, 0.05) is 19.2 Å². The Hall–Kier alpha value is -0.670. The van der Waals surface area contributed by atoms with E-state index >= 15 is 0 Å². The quantitative estimate of drug-likeness (QED) is 0.629. The average molecular weight is 301 g/mol.